The summed E-state index contributed by atoms with van der Waals surface area (Å²) >= 11 is 0. The second-order valence-corrected chi connectivity index (χ2v) is 6.88. The van der Waals surface area contributed by atoms with Gasteiger partial charge in [-0.25, -0.2) is 12.7 Å². The van der Waals surface area contributed by atoms with Crippen LogP contribution in [0.1, 0.15) is 19.8 Å². The molecule has 0 saturated carbocycles. The predicted octanol–water partition coefficient (Wildman–Crippen LogP) is 1.11. The second-order valence-electron chi connectivity index (χ2n) is 4.62. The van der Waals surface area contributed by atoms with Gasteiger partial charge in [0, 0.05) is 19.1 Å². The van der Waals surface area contributed by atoms with Crippen molar-refractivity contribution >= 4 is 15.9 Å². The number of nitrogens with zero attached hydrogens (tertiary/aromatic N) is 1. The average molecular weight is 338 g/mol. The zero-order chi connectivity index (χ0) is 16.5. The van der Waals surface area contributed by atoms with Gasteiger partial charge in [-0.3, -0.25) is 4.79 Å². The lowest BCUT2D eigenvalue weighted by Gasteiger charge is -2.32. The fourth-order valence-corrected chi connectivity index (χ4v) is 3.00. The largest absolute Gasteiger partial charge is 0.463 e. The summed E-state index contributed by atoms with van der Waals surface area (Å²) < 4.78 is 85.7. The summed E-state index contributed by atoms with van der Waals surface area (Å²) in [6, 6.07) is -0.908. The first-order valence-corrected chi connectivity index (χ1v) is 7.76. The maximum absolute atomic E-state index is 12.8. The van der Waals surface area contributed by atoms with Crippen molar-refractivity contribution in [2.75, 3.05) is 18.8 Å². The molecule has 0 aliphatic carbocycles. The van der Waals surface area contributed by atoms with Crippen LogP contribution in [0.25, 0.3) is 0 Å². The van der Waals surface area contributed by atoms with Gasteiger partial charge in [0.2, 0.25) is 10.0 Å². The van der Waals surface area contributed by atoms with Gasteiger partial charge in [-0.2, -0.15) is 22.0 Å². The van der Waals surface area contributed by atoms with E-state index in [2.05, 4.69) is 0 Å². The minimum absolute atomic E-state index is 0.0150. The van der Waals surface area contributed by atoms with Crippen LogP contribution in [0, 0.1) is 0 Å². The molecule has 5 nitrogen and oxygen atoms in total. The van der Waals surface area contributed by atoms with Crippen LogP contribution in [-0.2, 0) is 14.8 Å². The van der Waals surface area contributed by atoms with Crippen molar-refractivity contribution < 1.29 is 35.2 Å². The summed E-state index contributed by atoms with van der Waals surface area (Å²) in [6.07, 6.45) is -5.98. The molecule has 1 heterocycles. The fraction of sp³-hybridized carbons (Fsp3) is 0.900. The summed E-state index contributed by atoms with van der Waals surface area (Å²) in [5.74, 6) is -8.00. The molecule has 0 spiro atoms. The summed E-state index contributed by atoms with van der Waals surface area (Å²) in [5, 5.41) is 1.63. The van der Waals surface area contributed by atoms with Gasteiger partial charge < -0.3 is 5.32 Å². The zero-order valence-electron chi connectivity index (χ0n) is 11.1. The van der Waals surface area contributed by atoms with E-state index in [1.165, 1.54) is 6.92 Å². The topological polar surface area (TPSA) is 66.5 Å². The van der Waals surface area contributed by atoms with E-state index in [1.807, 2.05) is 0 Å². The Bertz CT molecular complexity index is 483. The number of sulfonamides is 1. The molecule has 0 aromatic carbocycles. The molecule has 0 aromatic rings. The van der Waals surface area contributed by atoms with E-state index in [1.54, 1.807) is 5.32 Å². The van der Waals surface area contributed by atoms with Gasteiger partial charge in [-0.1, -0.05) is 0 Å². The van der Waals surface area contributed by atoms with Crippen molar-refractivity contribution in [2.45, 2.75) is 37.9 Å². The van der Waals surface area contributed by atoms with Crippen molar-refractivity contribution in [1.82, 2.24) is 9.62 Å². The quantitative estimate of drug-likeness (QED) is 0.781. The summed E-state index contributed by atoms with van der Waals surface area (Å²) in [5.41, 5.74) is 0. The van der Waals surface area contributed by atoms with E-state index < -0.39 is 34.1 Å². The smallest absolute Gasteiger partial charge is 0.348 e. The van der Waals surface area contributed by atoms with E-state index in [-0.39, 0.29) is 31.7 Å². The number of carbonyl (C=O) groups is 1. The van der Waals surface area contributed by atoms with Crippen LogP contribution in [0.5, 0.6) is 0 Å². The van der Waals surface area contributed by atoms with E-state index in [9.17, 15) is 35.2 Å². The minimum Gasteiger partial charge on any atom is -0.348 e. The van der Waals surface area contributed by atoms with Crippen molar-refractivity contribution in [1.29, 1.82) is 0 Å². The van der Waals surface area contributed by atoms with E-state index in [4.69, 9.17) is 0 Å². The van der Waals surface area contributed by atoms with Gasteiger partial charge in [-0.05, 0) is 19.8 Å². The van der Waals surface area contributed by atoms with Crippen molar-refractivity contribution in [3.8, 4) is 0 Å². The Morgan fingerprint density at radius 1 is 1.19 bits per heavy atom. The fourth-order valence-electron chi connectivity index (χ4n) is 1.87. The molecule has 0 unspecified atom stereocenters. The number of halogens is 5. The molecule has 0 bridgehead atoms. The number of nitrogens with one attached hydrogen (secondary N) is 1. The highest BCUT2D eigenvalue weighted by molar-refractivity contribution is 7.89. The third-order valence-electron chi connectivity index (χ3n) is 3.19. The van der Waals surface area contributed by atoms with Crippen LogP contribution in [0.3, 0.4) is 0 Å². The molecule has 124 valence electrons. The van der Waals surface area contributed by atoms with Crippen LogP contribution in [0.2, 0.25) is 0 Å². The molecule has 1 fully saturated rings. The molecule has 1 saturated heterocycles. The first-order chi connectivity index (χ1) is 9.41. The van der Waals surface area contributed by atoms with E-state index in [0.29, 0.717) is 0 Å². The Labute approximate surface area is 118 Å². The van der Waals surface area contributed by atoms with Crippen molar-refractivity contribution in [2.24, 2.45) is 0 Å². The highest BCUT2D eigenvalue weighted by atomic mass is 32.2. The first kappa shape index (κ1) is 18.1. The normalized spacial score (nSPS) is 19.5. The van der Waals surface area contributed by atoms with Gasteiger partial charge >= 0.3 is 18.0 Å². The van der Waals surface area contributed by atoms with Crippen molar-refractivity contribution in [3.63, 3.8) is 0 Å². The number of amides is 1. The number of hydrogen-bond donors (Lipinski definition) is 1. The number of hydrogen-bond acceptors (Lipinski definition) is 3. The highest BCUT2D eigenvalue weighted by Gasteiger charge is 2.63. The molecule has 21 heavy (non-hydrogen) atoms. The van der Waals surface area contributed by atoms with Gasteiger partial charge in [0.05, 0.1) is 5.75 Å². The predicted molar refractivity (Wildman–Crippen MR) is 63.2 cm³/mol. The molecule has 0 radical (unpaired) electrons. The third kappa shape index (κ3) is 4.02. The molecule has 1 aliphatic rings. The molecule has 0 atom stereocenters. The number of piperidine rings is 1. The van der Waals surface area contributed by atoms with Crippen LogP contribution >= 0.6 is 0 Å². The van der Waals surface area contributed by atoms with Gasteiger partial charge in [-0.15, -0.1) is 0 Å². The zero-order valence-corrected chi connectivity index (χ0v) is 11.9. The average Bonchev–Trinajstić information content (AvgIpc) is 2.38. The third-order valence-corrected chi connectivity index (χ3v) is 5.07. The van der Waals surface area contributed by atoms with E-state index >= 15 is 0 Å². The molecule has 1 amide bonds. The summed E-state index contributed by atoms with van der Waals surface area (Å²) in [6.45, 7) is 1.38. The standard InChI is InChI=1S/C10H15F5N2O3S/c1-2-21(19,20)17-5-3-7(4-6-17)16-8(18)9(11,12)10(13,14)15/h7H,2-6H2,1H3,(H,16,18). The second kappa shape index (κ2) is 6.03. The molecule has 1 aliphatic heterocycles. The Morgan fingerprint density at radius 2 is 1.67 bits per heavy atom. The van der Waals surface area contributed by atoms with Gasteiger partial charge in [0.15, 0.2) is 0 Å². The monoisotopic (exact) mass is 338 g/mol. The van der Waals surface area contributed by atoms with Crippen LogP contribution in [0.4, 0.5) is 22.0 Å². The Balaban J connectivity index is 2.60. The highest BCUT2D eigenvalue weighted by Crippen LogP contribution is 2.35. The Kier molecular flexibility index (Phi) is 5.19. The molecular formula is C10H15F5N2O3S. The molecule has 11 heteroatoms. The van der Waals surface area contributed by atoms with Crippen LogP contribution in [-0.4, -0.2) is 55.6 Å². The summed E-state index contributed by atoms with van der Waals surface area (Å²) in [4.78, 5) is 11.0. The Hall–Kier alpha value is -0.970. The molecule has 0 aromatic heterocycles. The molecule has 1 rings (SSSR count). The van der Waals surface area contributed by atoms with Gasteiger partial charge in [0.25, 0.3) is 0 Å². The molecular weight excluding hydrogens is 323 g/mol. The lowest BCUT2D eigenvalue weighted by atomic mass is 10.1. The van der Waals surface area contributed by atoms with E-state index in [0.717, 1.165) is 4.31 Å². The Morgan fingerprint density at radius 3 is 2.05 bits per heavy atom. The lowest BCUT2D eigenvalue weighted by molar-refractivity contribution is -0.270. The van der Waals surface area contributed by atoms with Gasteiger partial charge in [0.1, 0.15) is 0 Å². The first-order valence-electron chi connectivity index (χ1n) is 6.15. The van der Waals surface area contributed by atoms with Crippen LogP contribution in [0.15, 0.2) is 0 Å². The number of alkyl halides is 5. The SMILES string of the molecule is CCS(=O)(=O)N1CCC(NC(=O)C(F)(F)C(F)(F)F)CC1. The maximum Gasteiger partial charge on any atom is 0.463 e. The molecule has 1 N–H and O–H groups in total. The summed E-state index contributed by atoms with van der Waals surface area (Å²) in [7, 11) is -3.43. The maximum atomic E-state index is 12.8. The lowest BCUT2D eigenvalue weighted by Crippen LogP contribution is -2.55. The van der Waals surface area contributed by atoms with Crippen molar-refractivity contribution in [3.05, 3.63) is 0 Å². The minimum atomic E-state index is -5.96. The van der Waals surface area contributed by atoms with Crippen LogP contribution < -0.4 is 5.32 Å². The number of carbonyl (C=O) groups excluding carboxylic acids is 1. The number of rotatable bonds is 4.